The molecule has 1 aromatic heterocycles. The molecule has 2 amide bonds. The average molecular weight is 542 g/mol. The van der Waals surface area contributed by atoms with Gasteiger partial charge < -0.3 is 29.6 Å². The molecule has 0 spiro atoms. The first-order valence-electron chi connectivity index (χ1n) is 13.1. The Morgan fingerprint density at radius 3 is 2.70 bits per heavy atom. The van der Waals surface area contributed by atoms with E-state index in [4.69, 9.17) is 9.15 Å². The van der Waals surface area contributed by atoms with Gasteiger partial charge in [-0.05, 0) is 72.4 Å². The number of amides is 2. The maximum Gasteiger partial charge on any atom is 0.339 e. The van der Waals surface area contributed by atoms with E-state index in [9.17, 15) is 19.8 Å². The number of aryl methyl sites for hydroxylation is 2. The number of phenolic OH excluding ortho intramolecular Hbond substituents is 1. The SMILES string of the molecule is Cc1ccc(C2c3cc(OCCc4cccc(O)c4)c(C(=O)O)cc3CCN2C(=O)NCc2cocn2)c(C)c1. The molecular weight excluding hydrogens is 510 g/mol. The Morgan fingerprint density at radius 2 is 1.98 bits per heavy atom. The van der Waals surface area contributed by atoms with E-state index in [2.05, 4.69) is 16.4 Å². The van der Waals surface area contributed by atoms with Gasteiger partial charge in [-0.25, -0.2) is 14.6 Å². The zero-order valence-corrected chi connectivity index (χ0v) is 22.4. The van der Waals surface area contributed by atoms with Crippen LogP contribution in [0.2, 0.25) is 0 Å². The van der Waals surface area contributed by atoms with Crippen molar-refractivity contribution in [2.75, 3.05) is 13.2 Å². The Morgan fingerprint density at radius 1 is 1.12 bits per heavy atom. The molecule has 0 saturated heterocycles. The monoisotopic (exact) mass is 541 g/mol. The normalized spacial score (nSPS) is 14.4. The van der Waals surface area contributed by atoms with Gasteiger partial charge in [0.1, 0.15) is 23.3 Å². The number of ether oxygens (including phenoxy) is 1. The zero-order valence-electron chi connectivity index (χ0n) is 22.4. The summed E-state index contributed by atoms with van der Waals surface area (Å²) in [5, 5.41) is 22.7. The lowest BCUT2D eigenvalue weighted by molar-refractivity contribution is 0.0691. The third-order valence-electron chi connectivity index (χ3n) is 7.14. The predicted octanol–water partition coefficient (Wildman–Crippen LogP) is 5.17. The molecule has 206 valence electrons. The van der Waals surface area contributed by atoms with E-state index >= 15 is 0 Å². The Hall–Kier alpha value is -4.79. The molecule has 9 nitrogen and oxygen atoms in total. The zero-order chi connectivity index (χ0) is 28.2. The molecule has 40 heavy (non-hydrogen) atoms. The maximum atomic E-state index is 13.5. The number of hydrogen-bond donors (Lipinski definition) is 3. The summed E-state index contributed by atoms with van der Waals surface area (Å²) < 4.78 is 11.0. The fourth-order valence-electron chi connectivity index (χ4n) is 5.21. The van der Waals surface area contributed by atoms with E-state index in [0.29, 0.717) is 25.1 Å². The number of urea groups is 1. The highest BCUT2D eigenvalue weighted by Crippen LogP contribution is 2.40. The summed E-state index contributed by atoms with van der Waals surface area (Å²) in [7, 11) is 0. The van der Waals surface area contributed by atoms with Gasteiger partial charge in [0.05, 0.1) is 24.9 Å². The van der Waals surface area contributed by atoms with Crippen LogP contribution in [-0.4, -0.2) is 45.2 Å². The molecule has 3 aromatic carbocycles. The third-order valence-corrected chi connectivity index (χ3v) is 7.14. The molecule has 0 radical (unpaired) electrons. The van der Waals surface area contributed by atoms with E-state index in [1.54, 1.807) is 35.2 Å². The Bertz CT molecular complexity index is 1530. The molecule has 3 N–H and O–H groups in total. The van der Waals surface area contributed by atoms with Crippen molar-refractivity contribution in [2.45, 2.75) is 39.3 Å². The number of carboxylic acid groups (broad SMARTS) is 1. The summed E-state index contributed by atoms with van der Waals surface area (Å²) in [5.41, 5.74) is 6.35. The van der Waals surface area contributed by atoms with Crippen LogP contribution in [0.25, 0.3) is 0 Å². The molecular formula is C31H31N3O6. The number of carbonyl (C=O) groups is 2. The highest BCUT2D eigenvalue weighted by atomic mass is 16.5. The number of hydrogen-bond acceptors (Lipinski definition) is 6. The van der Waals surface area contributed by atoms with Crippen molar-refractivity contribution in [3.63, 3.8) is 0 Å². The second-order valence-electron chi connectivity index (χ2n) is 9.97. The van der Waals surface area contributed by atoms with Crippen LogP contribution in [0.3, 0.4) is 0 Å². The van der Waals surface area contributed by atoms with Crippen LogP contribution in [0.5, 0.6) is 11.5 Å². The highest BCUT2D eigenvalue weighted by Gasteiger charge is 2.34. The van der Waals surface area contributed by atoms with Crippen molar-refractivity contribution in [1.29, 1.82) is 0 Å². The summed E-state index contributed by atoms with van der Waals surface area (Å²) in [5.74, 6) is -0.673. The molecule has 0 aliphatic carbocycles. The van der Waals surface area contributed by atoms with Crippen molar-refractivity contribution in [2.24, 2.45) is 0 Å². The number of aromatic carboxylic acids is 1. The lowest BCUT2D eigenvalue weighted by Gasteiger charge is -2.38. The minimum atomic E-state index is -1.08. The molecule has 0 fully saturated rings. The van der Waals surface area contributed by atoms with Gasteiger partial charge in [-0.2, -0.15) is 0 Å². The van der Waals surface area contributed by atoms with Crippen LogP contribution in [0.15, 0.2) is 71.7 Å². The van der Waals surface area contributed by atoms with Gasteiger partial charge in [-0.15, -0.1) is 0 Å². The fraction of sp³-hybridized carbons (Fsp3) is 0.258. The summed E-state index contributed by atoms with van der Waals surface area (Å²) >= 11 is 0. The van der Waals surface area contributed by atoms with Gasteiger partial charge in [-0.1, -0.05) is 35.9 Å². The van der Waals surface area contributed by atoms with Crippen LogP contribution in [0.4, 0.5) is 4.79 Å². The van der Waals surface area contributed by atoms with Gasteiger partial charge in [0.15, 0.2) is 6.39 Å². The lowest BCUT2D eigenvalue weighted by Crippen LogP contribution is -2.46. The first-order valence-corrected chi connectivity index (χ1v) is 13.1. The quantitative estimate of drug-likeness (QED) is 0.281. The van der Waals surface area contributed by atoms with Crippen LogP contribution < -0.4 is 10.1 Å². The highest BCUT2D eigenvalue weighted by molar-refractivity contribution is 5.91. The van der Waals surface area contributed by atoms with Gasteiger partial charge in [0.2, 0.25) is 0 Å². The first kappa shape index (κ1) is 26.8. The van der Waals surface area contributed by atoms with Crippen molar-refractivity contribution < 1.29 is 29.0 Å². The fourth-order valence-corrected chi connectivity index (χ4v) is 5.21. The number of oxazole rings is 1. The molecule has 0 bridgehead atoms. The molecule has 9 heteroatoms. The topological polar surface area (TPSA) is 125 Å². The Kier molecular flexibility index (Phi) is 7.72. The third kappa shape index (κ3) is 5.78. The smallest absolute Gasteiger partial charge is 0.339 e. The number of nitrogens with one attached hydrogen (secondary N) is 1. The van der Waals surface area contributed by atoms with Crippen LogP contribution in [-0.2, 0) is 19.4 Å². The van der Waals surface area contributed by atoms with Crippen molar-refractivity contribution in [1.82, 2.24) is 15.2 Å². The molecule has 2 heterocycles. The van der Waals surface area contributed by atoms with Crippen molar-refractivity contribution in [3.8, 4) is 11.5 Å². The van der Waals surface area contributed by atoms with Crippen LogP contribution >= 0.6 is 0 Å². The summed E-state index contributed by atoms with van der Waals surface area (Å²) in [6.07, 6.45) is 3.79. The number of aromatic hydroxyl groups is 1. The number of carbonyl (C=O) groups excluding carboxylic acids is 1. The number of nitrogens with zero attached hydrogens (tertiary/aromatic N) is 2. The molecule has 1 atom stereocenters. The average Bonchev–Trinajstić information content (AvgIpc) is 3.45. The van der Waals surface area contributed by atoms with Crippen molar-refractivity contribution in [3.05, 3.63) is 112 Å². The van der Waals surface area contributed by atoms with E-state index < -0.39 is 12.0 Å². The molecule has 1 unspecified atom stereocenters. The van der Waals surface area contributed by atoms with Gasteiger partial charge in [0.25, 0.3) is 0 Å². The molecule has 5 rings (SSSR count). The largest absolute Gasteiger partial charge is 0.508 e. The summed E-state index contributed by atoms with van der Waals surface area (Å²) in [6.45, 7) is 4.89. The maximum absolute atomic E-state index is 13.5. The van der Waals surface area contributed by atoms with Crippen LogP contribution in [0.1, 0.15) is 55.5 Å². The van der Waals surface area contributed by atoms with E-state index in [0.717, 1.165) is 33.4 Å². The minimum Gasteiger partial charge on any atom is -0.508 e. The number of phenols is 1. The number of carboxylic acids is 1. The molecule has 4 aromatic rings. The predicted molar refractivity (Wildman–Crippen MR) is 148 cm³/mol. The van der Waals surface area contributed by atoms with Gasteiger partial charge >= 0.3 is 12.0 Å². The van der Waals surface area contributed by atoms with E-state index in [1.807, 2.05) is 32.0 Å². The van der Waals surface area contributed by atoms with Crippen LogP contribution in [0, 0.1) is 13.8 Å². The summed E-state index contributed by atoms with van der Waals surface area (Å²) in [6, 6.07) is 15.7. The van der Waals surface area contributed by atoms with Gasteiger partial charge in [0, 0.05) is 13.0 Å². The van der Waals surface area contributed by atoms with Gasteiger partial charge in [-0.3, -0.25) is 0 Å². The Labute approximate surface area is 232 Å². The molecule has 1 aliphatic rings. The van der Waals surface area contributed by atoms with Crippen molar-refractivity contribution >= 4 is 12.0 Å². The molecule has 0 saturated carbocycles. The number of rotatable bonds is 8. The standard InChI is InChI=1S/C31H31N3O6/c1-19-6-7-25(20(2)12-19)29-26-15-28(40-11-9-21-4-3-5-24(35)13-21)27(30(36)37)14-22(26)8-10-34(29)31(38)32-16-23-17-39-18-33-23/h3-7,12-15,17-18,29,35H,8-11,16H2,1-2H3,(H,32,38)(H,36,37). The van der Waals surface area contributed by atoms with E-state index in [1.165, 1.54) is 12.7 Å². The number of benzene rings is 3. The first-order chi connectivity index (χ1) is 19.3. The summed E-state index contributed by atoms with van der Waals surface area (Å²) in [4.78, 5) is 31.5. The van der Waals surface area contributed by atoms with E-state index in [-0.39, 0.29) is 36.2 Å². The number of fused-ring (bicyclic) bond motifs is 1. The molecule has 1 aliphatic heterocycles. The second-order valence-corrected chi connectivity index (χ2v) is 9.97. The Balaban J connectivity index is 1.50. The lowest BCUT2D eigenvalue weighted by atomic mass is 9.85. The minimum absolute atomic E-state index is 0.0815. The second kappa shape index (κ2) is 11.5. The number of aromatic nitrogens is 1.